The molecule has 0 saturated carbocycles. The Hall–Kier alpha value is -4.59. The van der Waals surface area contributed by atoms with Crippen LogP contribution in [0.15, 0.2) is 71.8 Å². The number of H-pyrrole nitrogens is 2. The van der Waals surface area contributed by atoms with Gasteiger partial charge in [-0.25, -0.2) is 14.4 Å². The highest BCUT2D eigenvalue weighted by atomic mass is 19.1. The summed E-state index contributed by atoms with van der Waals surface area (Å²) in [4.78, 5) is 25.3. The van der Waals surface area contributed by atoms with Crippen molar-refractivity contribution in [3.63, 3.8) is 0 Å². The van der Waals surface area contributed by atoms with Gasteiger partial charge in [0, 0.05) is 34.6 Å². The Morgan fingerprint density at radius 2 is 1.91 bits per heavy atom. The first-order valence-electron chi connectivity index (χ1n) is 11.2. The van der Waals surface area contributed by atoms with Crippen LogP contribution in [0.1, 0.15) is 17.0 Å². The zero-order valence-corrected chi connectivity index (χ0v) is 19.1. The number of aromatic nitrogens is 6. The van der Waals surface area contributed by atoms with Crippen LogP contribution >= 0.6 is 0 Å². The molecule has 7 nitrogen and oxygen atoms in total. The number of fused-ring (bicyclic) bond motifs is 2. The molecular weight excluding hydrogens is 443 g/mol. The van der Waals surface area contributed by atoms with E-state index in [-0.39, 0.29) is 17.9 Å². The lowest BCUT2D eigenvalue weighted by atomic mass is 10.0. The minimum absolute atomic E-state index is 0.142. The first kappa shape index (κ1) is 21.0. The topological polar surface area (TPSA) is 92.2 Å². The van der Waals surface area contributed by atoms with Gasteiger partial charge in [-0.3, -0.25) is 9.89 Å². The van der Waals surface area contributed by atoms with Crippen molar-refractivity contribution in [3.8, 4) is 22.5 Å². The Kier molecular flexibility index (Phi) is 4.81. The molecule has 0 saturated heterocycles. The van der Waals surface area contributed by atoms with Gasteiger partial charge in [-0.15, -0.1) is 0 Å². The maximum atomic E-state index is 15.2. The van der Waals surface area contributed by atoms with Gasteiger partial charge in [-0.2, -0.15) is 5.10 Å². The molecule has 4 heterocycles. The summed E-state index contributed by atoms with van der Waals surface area (Å²) in [5.41, 5.74) is 5.65. The fourth-order valence-corrected chi connectivity index (χ4v) is 4.54. The molecule has 0 fully saturated rings. The van der Waals surface area contributed by atoms with Crippen molar-refractivity contribution in [2.45, 2.75) is 20.4 Å². The number of nitrogens with zero attached hydrogens (tertiary/aromatic N) is 4. The van der Waals surface area contributed by atoms with Crippen LogP contribution in [-0.2, 0) is 6.54 Å². The third kappa shape index (κ3) is 3.50. The van der Waals surface area contributed by atoms with Crippen LogP contribution in [0.3, 0.4) is 0 Å². The standard InChI is InChI=1S/C27H21FN6O/c1-15-23(16(2)33-32-15)25-30-24-20(9-11-29-26(24)31-25)18-7-8-19(22(28)13-18)14-34-12-10-17-5-3-4-6-21(17)27(34)35/h3-13H,14H2,1-2H3,(H,32,33)(H,29,30,31). The van der Waals surface area contributed by atoms with E-state index in [1.54, 1.807) is 24.5 Å². The number of pyridine rings is 2. The Bertz CT molecular complexity index is 1780. The number of aromatic amines is 2. The van der Waals surface area contributed by atoms with Gasteiger partial charge in [0.15, 0.2) is 5.65 Å². The minimum Gasteiger partial charge on any atom is -0.322 e. The number of rotatable bonds is 4. The minimum atomic E-state index is -0.384. The predicted octanol–water partition coefficient (Wildman–Crippen LogP) is 5.13. The van der Waals surface area contributed by atoms with Crippen molar-refractivity contribution in [1.29, 1.82) is 0 Å². The van der Waals surface area contributed by atoms with Crippen LogP contribution in [0, 0.1) is 19.7 Å². The van der Waals surface area contributed by atoms with Crippen LogP contribution in [0.25, 0.3) is 44.5 Å². The fraction of sp³-hybridized carbons (Fsp3) is 0.111. The molecule has 6 aromatic rings. The van der Waals surface area contributed by atoms with E-state index in [4.69, 9.17) is 4.98 Å². The first-order valence-corrected chi connectivity index (χ1v) is 11.2. The zero-order chi connectivity index (χ0) is 24.1. The third-order valence-electron chi connectivity index (χ3n) is 6.34. The molecular formula is C27H21FN6O. The predicted molar refractivity (Wildman–Crippen MR) is 134 cm³/mol. The van der Waals surface area contributed by atoms with Gasteiger partial charge in [0.2, 0.25) is 0 Å². The number of hydrogen-bond donors (Lipinski definition) is 2. The lowest BCUT2D eigenvalue weighted by molar-refractivity contribution is 0.597. The van der Waals surface area contributed by atoms with Gasteiger partial charge in [-0.05, 0) is 49.1 Å². The quantitative estimate of drug-likeness (QED) is 0.378. The molecule has 0 spiro atoms. The van der Waals surface area contributed by atoms with Crippen LogP contribution in [-0.4, -0.2) is 29.7 Å². The molecule has 0 aliphatic heterocycles. The number of halogens is 1. The number of nitrogens with one attached hydrogen (secondary N) is 2. The molecule has 0 aliphatic carbocycles. The van der Waals surface area contributed by atoms with E-state index in [2.05, 4.69) is 20.2 Å². The second-order valence-electron chi connectivity index (χ2n) is 8.59. The van der Waals surface area contributed by atoms with Gasteiger partial charge in [0.25, 0.3) is 5.56 Å². The zero-order valence-electron chi connectivity index (χ0n) is 19.1. The maximum absolute atomic E-state index is 15.2. The average molecular weight is 465 g/mol. The smallest absolute Gasteiger partial charge is 0.258 e. The second kappa shape index (κ2) is 8.02. The molecule has 0 amide bonds. The summed E-state index contributed by atoms with van der Waals surface area (Å²) in [6.07, 6.45) is 3.38. The summed E-state index contributed by atoms with van der Waals surface area (Å²) < 4.78 is 16.8. The van der Waals surface area contributed by atoms with Crippen molar-refractivity contribution in [2.24, 2.45) is 0 Å². The van der Waals surface area contributed by atoms with Crippen molar-refractivity contribution in [1.82, 2.24) is 29.7 Å². The van der Waals surface area contributed by atoms with E-state index >= 15 is 4.39 Å². The molecule has 6 rings (SSSR count). The highest BCUT2D eigenvalue weighted by Crippen LogP contribution is 2.31. The largest absolute Gasteiger partial charge is 0.322 e. The molecule has 0 unspecified atom stereocenters. The van der Waals surface area contributed by atoms with Crippen molar-refractivity contribution < 1.29 is 4.39 Å². The molecule has 0 aliphatic rings. The Morgan fingerprint density at radius 3 is 2.71 bits per heavy atom. The summed E-state index contributed by atoms with van der Waals surface area (Å²) >= 11 is 0. The normalized spacial score (nSPS) is 11.5. The monoisotopic (exact) mass is 464 g/mol. The van der Waals surface area contributed by atoms with E-state index in [9.17, 15) is 4.79 Å². The molecule has 0 atom stereocenters. The van der Waals surface area contributed by atoms with Crippen molar-refractivity contribution in [3.05, 3.63) is 100 Å². The van der Waals surface area contributed by atoms with E-state index in [0.29, 0.717) is 33.5 Å². The Balaban J connectivity index is 1.38. The van der Waals surface area contributed by atoms with E-state index in [1.807, 2.05) is 50.2 Å². The van der Waals surface area contributed by atoms with Crippen LogP contribution in [0.5, 0.6) is 0 Å². The maximum Gasteiger partial charge on any atom is 0.258 e. The van der Waals surface area contributed by atoms with Gasteiger partial charge >= 0.3 is 0 Å². The van der Waals surface area contributed by atoms with E-state index in [1.165, 1.54) is 10.6 Å². The third-order valence-corrected chi connectivity index (χ3v) is 6.34. The molecule has 172 valence electrons. The second-order valence-corrected chi connectivity index (χ2v) is 8.59. The van der Waals surface area contributed by atoms with Crippen molar-refractivity contribution in [2.75, 3.05) is 0 Å². The highest BCUT2D eigenvalue weighted by Gasteiger charge is 2.17. The van der Waals surface area contributed by atoms with Gasteiger partial charge in [-0.1, -0.05) is 30.3 Å². The van der Waals surface area contributed by atoms with E-state index < -0.39 is 0 Å². The Labute approximate surface area is 199 Å². The SMILES string of the molecule is Cc1n[nH]c(C)c1-c1nc2c(-c3ccc(Cn4ccc5ccccc5c4=O)c(F)c3)ccnc2[nH]1. The lowest BCUT2D eigenvalue weighted by Gasteiger charge is -2.10. The average Bonchev–Trinajstić information content (AvgIpc) is 3.44. The summed E-state index contributed by atoms with van der Waals surface area (Å²) in [7, 11) is 0. The number of imidazole rings is 1. The first-order chi connectivity index (χ1) is 17.0. The van der Waals surface area contributed by atoms with Crippen LogP contribution in [0.4, 0.5) is 4.39 Å². The number of hydrogen-bond acceptors (Lipinski definition) is 4. The Morgan fingerprint density at radius 1 is 1.06 bits per heavy atom. The lowest BCUT2D eigenvalue weighted by Crippen LogP contribution is -2.20. The highest BCUT2D eigenvalue weighted by molar-refractivity contribution is 5.91. The van der Waals surface area contributed by atoms with Crippen LogP contribution in [0.2, 0.25) is 0 Å². The molecule has 2 N–H and O–H groups in total. The molecule has 35 heavy (non-hydrogen) atoms. The summed E-state index contributed by atoms with van der Waals surface area (Å²) in [6.45, 7) is 3.99. The van der Waals surface area contributed by atoms with E-state index in [0.717, 1.165) is 27.9 Å². The molecule has 0 bridgehead atoms. The van der Waals surface area contributed by atoms with Gasteiger partial charge in [0.1, 0.15) is 17.2 Å². The molecule has 8 heteroatoms. The number of benzene rings is 2. The summed E-state index contributed by atoms with van der Waals surface area (Å²) in [5, 5.41) is 8.69. The molecule has 4 aromatic heterocycles. The van der Waals surface area contributed by atoms with Gasteiger partial charge in [0.05, 0.1) is 17.8 Å². The summed E-state index contributed by atoms with van der Waals surface area (Å²) in [5.74, 6) is 0.279. The number of aryl methyl sites for hydroxylation is 2. The van der Waals surface area contributed by atoms with Gasteiger partial charge < -0.3 is 9.55 Å². The summed E-state index contributed by atoms with van der Waals surface area (Å²) in [6, 6.07) is 16.1. The van der Waals surface area contributed by atoms with Crippen LogP contribution < -0.4 is 5.56 Å². The molecule has 2 aromatic carbocycles. The molecule has 0 radical (unpaired) electrons. The van der Waals surface area contributed by atoms with Crippen molar-refractivity contribution >= 4 is 21.9 Å². The fourth-order valence-electron chi connectivity index (χ4n) is 4.54.